The molecule has 6 nitrogen and oxygen atoms in total. The van der Waals surface area contributed by atoms with E-state index in [1.165, 1.54) is 38.5 Å². The summed E-state index contributed by atoms with van der Waals surface area (Å²) in [5, 5.41) is 6.85. The molecule has 2 heterocycles. The van der Waals surface area contributed by atoms with Gasteiger partial charge in [-0.1, -0.05) is 39.0 Å². The van der Waals surface area contributed by atoms with Gasteiger partial charge in [0.05, 0.1) is 12.8 Å². The lowest BCUT2D eigenvalue weighted by Gasteiger charge is -2.21. The molecule has 0 amide bonds. The molecule has 2 aliphatic heterocycles. The predicted octanol–water partition coefficient (Wildman–Crippen LogP) is 1.97. The van der Waals surface area contributed by atoms with Crippen LogP contribution in [0.15, 0.2) is 0 Å². The Morgan fingerprint density at radius 2 is 2.11 bits per heavy atom. The Labute approximate surface area is 116 Å². The third-order valence-corrected chi connectivity index (χ3v) is 3.52. The van der Waals surface area contributed by atoms with Crippen molar-refractivity contribution >= 4 is 0 Å². The van der Waals surface area contributed by atoms with Crippen molar-refractivity contribution in [2.24, 2.45) is 0 Å². The summed E-state index contributed by atoms with van der Waals surface area (Å²) in [5.74, 6) is 0. The van der Waals surface area contributed by atoms with Crippen molar-refractivity contribution in [1.82, 2.24) is 22.3 Å². The van der Waals surface area contributed by atoms with Gasteiger partial charge in [0.2, 0.25) is 0 Å². The quantitative estimate of drug-likeness (QED) is 0.306. The Hall–Kier alpha value is -0.240. The topological polar surface area (TPSA) is 103 Å². The summed E-state index contributed by atoms with van der Waals surface area (Å²) in [7, 11) is 0. The minimum Gasteiger partial charge on any atom is -0.344 e. The van der Waals surface area contributed by atoms with Gasteiger partial charge in [-0.05, 0) is 25.8 Å². The van der Waals surface area contributed by atoms with E-state index in [0.717, 1.165) is 26.0 Å². The number of hydrogen-bond acceptors (Lipinski definition) is 6. The second-order valence-corrected chi connectivity index (χ2v) is 5.23. The highest BCUT2D eigenvalue weighted by atomic mass is 17.0. The summed E-state index contributed by atoms with van der Waals surface area (Å²) in [5.41, 5.74) is 2.83. The van der Waals surface area contributed by atoms with Crippen LogP contribution in [0.1, 0.15) is 58.3 Å². The average Bonchev–Trinajstić information content (AvgIpc) is 3.16. The zero-order valence-corrected chi connectivity index (χ0v) is 12.2. The summed E-state index contributed by atoms with van der Waals surface area (Å²) < 4.78 is 5.75. The van der Waals surface area contributed by atoms with Crippen molar-refractivity contribution in [1.29, 1.82) is 0 Å². The lowest BCUT2D eigenvalue weighted by atomic mass is 10.2. The van der Waals surface area contributed by atoms with Gasteiger partial charge in [-0.3, -0.25) is 0 Å². The number of ether oxygens (including phenoxy) is 1. The zero-order chi connectivity index (χ0) is 12.7. The van der Waals surface area contributed by atoms with Crippen LogP contribution < -0.4 is 22.3 Å². The maximum absolute atomic E-state index is 5.75. The molecule has 2 rings (SSSR count). The van der Waals surface area contributed by atoms with Crippen molar-refractivity contribution < 1.29 is 9.57 Å². The van der Waals surface area contributed by atoms with Gasteiger partial charge in [-0.25, -0.2) is 10.2 Å². The smallest absolute Gasteiger partial charge is 0.331 e. The lowest BCUT2D eigenvalue weighted by Crippen LogP contribution is -2.51. The maximum Gasteiger partial charge on any atom is 0.331 e. The molecule has 0 aromatic heterocycles. The largest absolute Gasteiger partial charge is 0.344 e. The number of rotatable bonds is 8. The summed E-state index contributed by atoms with van der Waals surface area (Å²) in [6, 6.07) is -0.714. The van der Waals surface area contributed by atoms with Crippen molar-refractivity contribution in [3.63, 3.8) is 0 Å². The molecule has 0 aliphatic carbocycles. The molecule has 0 radical (unpaired) electrons. The third-order valence-electron chi connectivity index (χ3n) is 3.52. The van der Waals surface area contributed by atoms with Gasteiger partial charge in [0.25, 0.3) is 0 Å². The van der Waals surface area contributed by atoms with Crippen molar-refractivity contribution in [3.05, 3.63) is 0 Å². The van der Waals surface area contributed by atoms with Gasteiger partial charge in [0, 0.05) is 0 Å². The van der Waals surface area contributed by atoms with E-state index in [9.17, 15) is 0 Å². The lowest BCUT2D eigenvalue weighted by molar-refractivity contribution is -0.0786. The molecule has 0 spiro atoms. The van der Waals surface area contributed by atoms with Crippen LogP contribution in [-0.2, 0) is 9.57 Å². The molecule has 0 saturated carbocycles. The van der Waals surface area contributed by atoms with Crippen LogP contribution in [0.25, 0.3) is 0 Å². The van der Waals surface area contributed by atoms with Gasteiger partial charge in [-0.15, -0.1) is 5.48 Å². The molecule has 2 unspecified atom stereocenters. The van der Waals surface area contributed by atoms with Crippen LogP contribution in [-0.4, -0.2) is 25.4 Å². The maximum atomic E-state index is 5.75. The molecular weight excluding hydrogens is 244 g/mol. The van der Waals surface area contributed by atoms with Crippen LogP contribution in [0.3, 0.4) is 0 Å². The van der Waals surface area contributed by atoms with E-state index < -0.39 is 6.03 Å². The van der Waals surface area contributed by atoms with E-state index in [0.29, 0.717) is 0 Å². The SMILES string of the molecule is CCCCCCOC1(NC2CCCCCN2)NO1.N. The monoisotopic (exact) mass is 274 g/mol. The highest BCUT2D eigenvalue weighted by Crippen LogP contribution is 2.20. The molecule has 2 aliphatic rings. The minimum atomic E-state index is -0.714. The van der Waals surface area contributed by atoms with Gasteiger partial charge in [0.15, 0.2) is 0 Å². The van der Waals surface area contributed by atoms with E-state index in [4.69, 9.17) is 9.57 Å². The highest BCUT2D eigenvalue weighted by Gasteiger charge is 2.48. The Bertz CT molecular complexity index is 229. The first-order chi connectivity index (χ1) is 8.85. The molecule has 19 heavy (non-hydrogen) atoms. The van der Waals surface area contributed by atoms with Gasteiger partial charge in [0.1, 0.15) is 0 Å². The highest BCUT2D eigenvalue weighted by molar-refractivity contribution is 4.77. The predicted molar refractivity (Wildman–Crippen MR) is 75.5 cm³/mol. The molecular formula is C13H30N4O2. The average molecular weight is 274 g/mol. The van der Waals surface area contributed by atoms with Gasteiger partial charge in [-0.2, -0.15) is 0 Å². The zero-order valence-electron chi connectivity index (χ0n) is 12.2. The Morgan fingerprint density at radius 1 is 1.26 bits per heavy atom. The van der Waals surface area contributed by atoms with Crippen molar-refractivity contribution in [2.75, 3.05) is 13.2 Å². The normalized spacial score (nSPS) is 30.5. The standard InChI is InChI=1S/C13H27N3O2.H3N/c1-2-3-4-8-11-17-13(16-18-13)15-12-9-6-5-7-10-14-12;/h12,14-16H,2-11H2,1H3;1H3. The second-order valence-electron chi connectivity index (χ2n) is 5.23. The van der Waals surface area contributed by atoms with Gasteiger partial charge >= 0.3 is 6.03 Å². The summed E-state index contributed by atoms with van der Waals surface area (Å²) in [4.78, 5) is 5.22. The van der Waals surface area contributed by atoms with Crippen LogP contribution in [0.5, 0.6) is 0 Å². The molecule has 0 bridgehead atoms. The number of unbranched alkanes of at least 4 members (excludes halogenated alkanes) is 3. The molecule has 2 atom stereocenters. The molecule has 2 fully saturated rings. The fraction of sp³-hybridized carbons (Fsp3) is 1.00. The minimum absolute atomic E-state index is 0. The fourth-order valence-electron chi connectivity index (χ4n) is 2.33. The first kappa shape index (κ1) is 16.8. The first-order valence-corrected chi connectivity index (χ1v) is 7.45. The Balaban J connectivity index is 0.00000180. The number of hydroxylamine groups is 1. The van der Waals surface area contributed by atoms with E-state index in [-0.39, 0.29) is 12.3 Å². The number of hydrogen-bond donors (Lipinski definition) is 4. The fourth-order valence-corrected chi connectivity index (χ4v) is 2.33. The molecule has 114 valence electrons. The van der Waals surface area contributed by atoms with E-state index in [1.54, 1.807) is 0 Å². The molecule has 0 aromatic rings. The Kier molecular flexibility index (Phi) is 7.82. The van der Waals surface area contributed by atoms with E-state index in [2.05, 4.69) is 23.0 Å². The van der Waals surface area contributed by atoms with Crippen LogP contribution in [0.4, 0.5) is 0 Å². The van der Waals surface area contributed by atoms with Crippen LogP contribution in [0, 0.1) is 0 Å². The van der Waals surface area contributed by atoms with E-state index >= 15 is 0 Å². The van der Waals surface area contributed by atoms with Crippen LogP contribution in [0.2, 0.25) is 0 Å². The van der Waals surface area contributed by atoms with Gasteiger partial charge < -0.3 is 16.2 Å². The molecule has 2 saturated heterocycles. The van der Waals surface area contributed by atoms with Crippen molar-refractivity contribution in [3.8, 4) is 0 Å². The Morgan fingerprint density at radius 3 is 2.84 bits per heavy atom. The molecule has 6 N–H and O–H groups in total. The molecule has 0 aromatic carbocycles. The van der Waals surface area contributed by atoms with Crippen molar-refractivity contribution in [2.45, 2.75) is 70.5 Å². The van der Waals surface area contributed by atoms with Crippen LogP contribution >= 0.6 is 0 Å². The second kappa shape index (κ2) is 8.84. The first-order valence-electron chi connectivity index (χ1n) is 7.45. The molecule has 6 heteroatoms. The summed E-state index contributed by atoms with van der Waals surface area (Å²) in [6.07, 6.45) is 10.1. The number of nitrogens with one attached hydrogen (secondary N) is 3. The summed E-state index contributed by atoms with van der Waals surface area (Å²) in [6.45, 7) is 4.03. The third kappa shape index (κ3) is 6.16. The van der Waals surface area contributed by atoms with E-state index in [1.807, 2.05) is 0 Å². The summed E-state index contributed by atoms with van der Waals surface area (Å²) >= 11 is 0.